The van der Waals surface area contributed by atoms with Gasteiger partial charge in [0.2, 0.25) is 0 Å². The topological polar surface area (TPSA) is 29.5 Å². The van der Waals surface area contributed by atoms with Gasteiger partial charge in [-0.25, -0.2) is 0 Å². The SMILES string of the molecule is CO[C@H]1CC[C@]2(C)[C@H]3CC[C@]4(C)[C@@H]([C@H](C)CCCC(C)C)CC[C@H]4[C@@H]3C[C@@H]([Se]c3ccccc3)[C@@]2(O)C1. The first-order valence-corrected chi connectivity index (χ1v) is 17.4. The third-order valence-corrected chi connectivity index (χ3v) is 15.3. The van der Waals surface area contributed by atoms with E-state index in [0.29, 0.717) is 16.1 Å². The van der Waals surface area contributed by atoms with Crippen LogP contribution in [-0.2, 0) is 4.74 Å². The van der Waals surface area contributed by atoms with E-state index < -0.39 is 5.60 Å². The molecule has 0 aromatic heterocycles. The van der Waals surface area contributed by atoms with E-state index in [-0.39, 0.29) is 26.5 Å². The van der Waals surface area contributed by atoms with Crippen LogP contribution >= 0.6 is 0 Å². The number of benzene rings is 1. The van der Waals surface area contributed by atoms with Gasteiger partial charge >= 0.3 is 235 Å². The predicted molar refractivity (Wildman–Crippen MR) is 156 cm³/mol. The number of methoxy groups -OCH3 is 1. The molecule has 0 heterocycles. The maximum absolute atomic E-state index is 12.7. The molecule has 0 radical (unpaired) electrons. The first-order valence-electron chi connectivity index (χ1n) is 15.6. The molecule has 0 spiro atoms. The van der Waals surface area contributed by atoms with Gasteiger partial charge in [0.15, 0.2) is 0 Å². The molecule has 0 aliphatic heterocycles. The van der Waals surface area contributed by atoms with Crippen LogP contribution in [0.3, 0.4) is 0 Å². The second-order valence-corrected chi connectivity index (χ2v) is 17.2. The van der Waals surface area contributed by atoms with Crippen molar-refractivity contribution in [2.45, 2.75) is 122 Å². The summed E-state index contributed by atoms with van der Waals surface area (Å²) in [6.45, 7) is 12.5. The monoisotopic (exact) mass is 574 g/mol. The van der Waals surface area contributed by atoms with Crippen LogP contribution in [0.15, 0.2) is 30.3 Å². The molecule has 0 bridgehead atoms. The van der Waals surface area contributed by atoms with E-state index in [0.717, 1.165) is 48.9 Å². The Hall–Kier alpha value is -0.341. The van der Waals surface area contributed by atoms with E-state index in [2.05, 4.69) is 65.0 Å². The second-order valence-electron chi connectivity index (χ2n) is 14.5. The van der Waals surface area contributed by atoms with Crippen molar-refractivity contribution >= 4 is 19.4 Å². The van der Waals surface area contributed by atoms with Crippen molar-refractivity contribution in [2.24, 2.45) is 46.3 Å². The van der Waals surface area contributed by atoms with Gasteiger partial charge in [-0.1, -0.05) is 0 Å². The Kier molecular flexibility index (Phi) is 8.31. The summed E-state index contributed by atoms with van der Waals surface area (Å²) >= 11 is 0.286. The third-order valence-electron chi connectivity index (χ3n) is 12.3. The molecule has 4 aliphatic rings. The summed E-state index contributed by atoms with van der Waals surface area (Å²) < 4.78 is 7.36. The third kappa shape index (κ3) is 4.92. The van der Waals surface area contributed by atoms with Crippen LogP contribution in [-0.4, -0.2) is 38.9 Å². The molecule has 10 atom stereocenters. The molecule has 4 saturated carbocycles. The average Bonchev–Trinajstić information content (AvgIpc) is 3.23. The first kappa shape index (κ1) is 28.2. The number of hydrogen-bond acceptors (Lipinski definition) is 2. The molecule has 1 aromatic rings. The Labute approximate surface area is 234 Å². The summed E-state index contributed by atoms with van der Waals surface area (Å²) in [7, 11) is 1.85. The summed E-state index contributed by atoms with van der Waals surface area (Å²) in [5.74, 6) is 4.87. The van der Waals surface area contributed by atoms with Gasteiger partial charge < -0.3 is 0 Å². The molecule has 1 aromatic carbocycles. The van der Waals surface area contributed by atoms with Gasteiger partial charge in [0.1, 0.15) is 0 Å². The molecule has 37 heavy (non-hydrogen) atoms. The first-order chi connectivity index (χ1) is 17.6. The summed E-state index contributed by atoms with van der Waals surface area (Å²) in [5, 5.41) is 12.7. The number of aliphatic hydroxyl groups is 1. The molecule has 2 nitrogen and oxygen atoms in total. The van der Waals surface area contributed by atoms with Crippen molar-refractivity contribution in [3.05, 3.63) is 30.3 Å². The van der Waals surface area contributed by atoms with E-state index in [4.69, 9.17) is 4.74 Å². The Balaban J connectivity index is 1.42. The fourth-order valence-electron chi connectivity index (χ4n) is 10.2. The zero-order chi connectivity index (χ0) is 26.4. The molecular formula is C34H54O2Se. The van der Waals surface area contributed by atoms with Crippen molar-refractivity contribution in [1.82, 2.24) is 0 Å². The Bertz CT molecular complexity index is 902. The van der Waals surface area contributed by atoms with Crippen molar-refractivity contribution in [1.29, 1.82) is 0 Å². The minimum absolute atomic E-state index is 0.0223. The van der Waals surface area contributed by atoms with Crippen molar-refractivity contribution < 1.29 is 9.84 Å². The Morgan fingerprint density at radius 2 is 1.73 bits per heavy atom. The summed E-state index contributed by atoms with van der Waals surface area (Å²) in [6.07, 6.45) is 14.3. The Morgan fingerprint density at radius 3 is 2.43 bits per heavy atom. The molecule has 0 amide bonds. The van der Waals surface area contributed by atoms with Crippen LogP contribution < -0.4 is 4.46 Å². The minimum atomic E-state index is -0.598. The summed E-state index contributed by atoms with van der Waals surface area (Å²) in [6, 6.07) is 11.1. The summed E-state index contributed by atoms with van der Waals surface area (Å²) in [4.78, 5) is 0.386. The molecule has 4 fully saturated rings. The van der Waals surface area contributed by atoms with E-state index in [1.54, 1.807) is 0 Å². The van der Waals surface area contributed by atoms with Crippen LogP contribution in [0.2, 0.25) is 4.82 Å². The molecule has 4 aliphatic carbocycles. The van der Waals surface area contributed by atoms with Crippen LogP contribution in [0.25, 0.3) is 0 Å². The van der Waals surface area contributed by atoms with Crippen LogP contribution in [0.5, 0.6) is 0 Å². The average molecular weight is 574 g/mol. The molecule has 0 saturated heterocycles. The fraction of sp³-hybridized carbons (Fsp3) is 0.824. The molecule has 0 unspecified atom stereocenters. The molecule has 208 valence electrons. The zero-order valence-corrected chi connectivity index (χ0v) is 26.3. The van der Waals surface area contributed by atoms with Gasteiger partial charge in [-0.3, -0.25) is 0 Å². The fourth-order valence-corrected chi connectivity index (χ4v) is 13.4. The predicted octanol–water partition coefficient (Wildman–Crippen LogP) is 7.67. The van der Waals surface area contributed by atoms with Gasteiger partial charge in [-0.15, -0.1) is 0 Å². The molecular weight excluding hydrogens is 519 g/mol. The van der Waals surface area contributed by atoms with E-state index >= 15 is 0 Å². The van der Waals surface area contributed by atoms with Crippen LogP contribution in [0.1, 0.15) is 105 Å². The number of rotatable bonds is 8. The molecule has 3 heteroatoms. The Morgan fingerprint density at radius 1 is 0.973 bits per heavy atom. The van der Waals surface area contributed by atoms with E-state index in [1.807, 2.05) is 7.11 Å². The normalized spacial score (nSPS) is 44.2. The molecule has 1 N–H and O–H groups in total. The maximum atomic E-state index is 12.7. The van der Waals surface area contributed by atoms with E-state index in [1.165, 1.54) is 55.8 Å². The van der Waals surface area contributed by atoms with Gasteiger partial charge in [0, 0.05) is 0 Å². The van der Waals surface area contributed by atoms with E-state index in [9.17, 15) is 5.11 Å². The zero-order valence-electron chi connectivity index (χ0n) is 24.5. The second kappa shape index (κ2) is 10.9. The van der Waals surface area contributed by atoms with Crippen molar-refractivity contribution in [3.63, 3.8) is 0 Å². The number of hydrogen-bond donors (Lipinski definition) is 1. The standard InChI is InChI=1S/C34H54O2Se/c1-23(2)11-10-12-24(3)28-15-16-29-27-21-31(37-26-13-8-7-9-14-26)34(35)22-25(36-6)17-20-33(34,5)30(27)18-19-32(28,29)4/h7-9,13-14,23-25,27-31,35H,10-12,15-22H2,1-6H3/t24-,25+,27+,28-,29+,30+,31-,32-,33-,34+/m1/s1. The van der Waals surface area contributed by atoms with Crippen LogP contribution in [0, 0.1) is 46.3 Å². The van der Waals surface area contributed by atoms with Crippen molar-refractivity contribution in [3.8, 4) is 0 Å². The van der Waals surface area contributed by atoms with Gasteiger partial charge in [-0.2, -0.15) is 0 Å². The van der Waals surface area contributed by atoms with Gasteiger partial charge in [-0.05, 0) is 0 Å². The van der Waals surface area contributed by atoms with Gasteiger partial charge in [0.05, 0.1) is 0 Å². The quantitative estimate of drug-likeness (QED) is 0.324. The van der Waals surface area contributed by atoms with Gasteiger partial charge in [0.25, 0.3) is 0 Å². The number of fused-ring (bicyclic) bond motifs is 5. The summed E-state index contributed by atoms with van der Waals surface area (Å²) in [5.41, 5.74) is -0.0779. The van der Waals surface area contributed by atoms with Crippen molar-refractivity contribution in [2.75, 3.05) is 7.11 Å². The number of ether oxygens (including phenoxy) is 1. The molecule has 5 rings (SSSR count). The van der Waals surface area contributed by atoms with Crippen LogP contribution in [0.4, 0.5) is 0 Å².